The van der Waals surface area contributed by atoms with Gasteiger partial charge in [0.05, 0.1) is 11.6 Å². The quantitative estimate of drug-likeness (QED) is 0.689. The van der Waals surface area contributed by atoms with Gasteiger partial charge in [0.25, 0.3) is 0 Å². The van der Waals surface area contributed by atoms with Crippen LogP contribution in [0.5, 0.6) is 0 Å². The number of aromatic amines is 1. The van der Waals surface area contributed by atoms with Gasteiger partial charge in [-0.1, -0.05) is 30.0 Å². The summed E-state index contributed by atoms with van der Waals surface area (Å²) in [6.07, 6.45) is 3.51. The molecule has 0 spiro atoms. The van der Waals surface area contributed by atoms with Crippen LogP contribution in [0.4, 0.5) is 8.78 Å². The van der Waals surface area contributed by atoms with Crippen LogP contribution in [-0.2, 0) is 5.75 Å². The largest absolute Gasteiger partial charge is 0.259 e. The Morgan fingerprint density at radius 3 is 2.68 bits per heavy atom. The maximum atomic E-state index is 13.7. The van der Waals surface area contributed by atoms with Crippen molar-refractivity contribution in [3.8, 4) is 6.07 Å². The van der Waals surface area contributed by atoms with Crippen LogP contribution in [0, 0.1) is 23.0 Å². The second-order valence-electron chi connectivity index (χ2n) is 5.09. The van der Waals surface area contributed by atoms with Gasteiger partial charge in [-0.15, -0.1) is 5.10 Å². The first-order valence-corrected chi connectivity index (χ1v) is 8.30. The Labute approximate surface area is 147 Å². The van der Waals surface area contributed by atoms with Crippen molar-refractivity contribution in [2.24, 2.45) is 0 Å². The summed E-state index contributed by atoms with van der Waals surface area (Å²) in [6, 6.07) is 12.3. The molecule has 0 bridgehead atoms. The zero-order chi connectivity index (χ0) is 17.6. The highest BCUT2D eigenvalue weighted by Crippen LogP contribution is 2.22. The fraction of sp³-hybridized carbons (Fsp3) is 0.0556. The lowest BCUT2D eigenvalue weighted by Crippen LogP contribution is -1.90. The molecule has 0 atom stereocenters. The van der Waals surface area contributed by atoms with Crippen LogP contribution in [0.25, 0.3) is 12.2 Å². The molecule has 124 valence electrons. The van der Waals surface area contributed by atoms with Gasteiger partial charge in [-0.25, -0.2) is 13.8 Å². The van der Waals surface area contributed by atoms with Crippen molar-refractivity contribution in [2.45, 2.75) is 10.9 Å². The summed E-state index contributed by atoms with van der Waals surface area (Å²) in [5, 5.41) is 16.2. The summed E-state index contributed by atoms with van der Waals surface area (Å²) in [7, 11) is 0. The molecule has 3 rings (SSSR count). The number of halogens is 2. The average molecular weight is 354 g/mol. The molecule has 0 unspecified atom stereocenters. The molecule has 1 aromatic heterocycles. The van der Waals surface area contributed by atoms with Gasteiger partial charge in [-0.05, 0) is 47.5 Å². The smallest absolute Gasteiger partial charge is 0.209 e. The highest BCUT2D eigenvalue weighted by Gasteiger charge is 2.07. The lowest BCUT2D eigenvalue weighted by Gasteiger charge is -2.01. The molecule has 0 aliphatic rings. The predicted molar refractivity (Wildman–Crippen MR) is 92.4 cm³/mol. The fourth-order valence-electron chi connectivity index (χ4n) is 2.04. The van der Waals surface area contributed by atoms with Gasteiger partial charge in [-0.3, -0.25) is 5.10 Å². The Morgan fingerprint density at radius 2 is 1.92 bits per heavy atom. The fourth-order valence-corrected chi connectivity index (χ4v) is 2.82. The minimum atomic E-state index is -0.363. The Hall–Kier alpha value is -2.98. The molecule has 1 N–H and O–H groups in total. The molecule has 0 radical (unpaired) electrons. The van der Waals surface area contributed by atoms with E-state index in [1.54, 1.807) is 24.3 Å². The zero-order valence-corrected chi connectivity index (χ0v) is 13.7. The molecule has 2 aromatic carbocycles. The predicted octanol–water partition coefficient (Wildman–Crippen LogP) is 4.42. The topological polar surface area (TPSA) is 65.4 Å². The molecule has 7 heteroatoms. The molecule has 0 aliphatic heterocycles. The summed E-state index contributed by atoms with van der Waals surface area (Å²) in [4.78, 5) is 4.28. The van der Waals surface area contributed by atoms with Gasteiger partial charge in [0.15, 0.2) is 0 Å². The number of thioether (sulfide) groups is 1. The molecular weight excluding hydrogens is 342 g/mol. The van der Waals surface area contributed by atoms with E-state index in [2.05, 4.69) is 15.2 Å². The first-order valence-electron chi connectivity index (χ1n) is 7.31. The standard InChI is InChI=1S/C18H12F2N4S/c19-15-5-1-12(2-6-15)4-8-17-22-18(24-23-17)25-11-14-9-13(10-21)3-7-16(14)20/h1-9H,11H2,(H,22,23,24)/b8-4+. The van der Waals surface area contributed by atoms with Gasteiger partial charge in [0.2, 0.25) is 5.16 Å². The van der Waals surface area contributed by atoms with Crippen LogP contribution < -0.4 is 0 Å². The van der Waals surface area contributed by atoms with Crippen molar-refractivity contribution in [3.05, 3.63) is 76.6 Å². The molecule has 0 amide bonds. The minimum Gasteiger partial charge on any atom is -0.259 e. The van der Waals surface area contributed by atoms with Gasteiger partial charge >= 0.3 is 0 Å². The van der Waals surface area contributed by atoms with E-state index in [-0.39, 0.29) is 11.6 Å². The van der Waals surface area contributed by atoms with Gasteiger partial charge in [-0.2, -0.15) is 5.26 Å². The van der Waals surface area contributed by atoms with E-state index in [0.717, 1.165) is 5.56 Å². The Morgan fingerprint density at radius 1 is 1.12 bits per heavy atom. The van der Waals surface area contributed by atoms with Gasteiger partial charge in [0, 0.05) is 5.75 Å². The van der Waals surface area contributed by atoms with Gasteiger partial charge < -0.3 is 0 Å². The van der Waals surface area contributed by atoms with Crippen LogP contribution in [0.15, 0.2) is 47.6 Å². The van der Waals surface area contributed by atoms with Crippen LogP contribution in [0.3, 0.4) is 0 Å². The lowest BCUT2D eigenvalue weighted by atomic mass is 10.1. The van der Waals surface area contributed by atoms with Crippen molar-refractivity contribution < 1.29 is 8.78 Å². The van der Waals surface area contributed by atoms with Crippen molar-refractivity contribution in [3.63, 3.8) is 0 Å². The molecule has 4 nitrogen and oxygen atoms in total. The molecule has 3 aromatic rings. The lowest BCUT2D eigenvalue weighted by molar-refractivity contribution is 0.617. The normalized spacial score (nSPS) is 10.9. The van der Waals surface area contributed by atoms with E-state index in [0.29, 0.717) is 27.9 Å². The molecule has 0 saturated heterocycles. The summed E-state index contributed by atoms with van der Waals surface area (Å²) < 4.78 is 26.6. The molecule has 0 saturated carbocycles. The number of benzene rings is 2. The van der Waals surface area contributed by atoms with Crippen molar-refractivity contribution >= 4 is 23.9 Å². The average Bonchev–Trinajstić information content (AvgIpc) is 3.08. The van der Waals surface area contributed by atoms with Crippen LogP contribution in [0.2, 0.25) is 0 Å². The summed E-state index contributed by atoms with van der Waals surface area (Å²) in [5.74, 6) is 0.208. The van der Waals surface area contributed by atoms with Crippen molar-refractivity contribution in [2.75, 3.05) is 0 Å². The third-order valence-corrected chi connectivity index (χ3v) is 4.21. The van der Waals surface area contributed by atoms with Crippen LogP contribution in [-0.4, -0.2) is 15.2 Å². The number of rotatable bonds is 5. The second kappa shape index (κ2) is 7.73. The van der Waals surface area contributed by atoms with E-state index in [1.807, 2.05) is 6.07 Å². The maximum Gasteiger partial charge on any atom is 0.209 e. The second-order valence-corrected chi connectivity index (χ2v) is 6.04. The minimum absolute atomic E-state index is 0.289. The highest BCUT2D eigenvalue weighted by molar-refractivity contribution is 7.98. The molecule has 25 heavy (non-hydrogen) atoms. The number of nitrogens with one attached hydrogen (secondary N) is 1. The van der Waals surface area contributed by atoms with Gasteiger partial charge in [0.1, 0.15) is 17.5 Å². The number of aromatic nitrogens is 3. The molecule has 0 aliphatic carbocycles. The Kier molecular flexibility index (Phi) is 5.21. The first-order chi connectivity index (χ1) is 12.1. The SMILES string of the molecule is N#Cc1ccc(F)c(CSc2n[nH]c(/C=C/c3ccc(F)cc3)n2)c1. The van der Waals surface area contributed by atoms with Crippen LogP contribution >= 0.6 is 11.8 Å². The van der Waals surface area contributed by atoms with Crippen molar-refractivity contribution in [1.29, 1.82) is 5.26 Å². The highest BCUT2D eigenvalue weighted by atomic mass is 32.2. The number of nitriles is 1. The third kappa shape index (κ3) is 4.52. The summed E-state index contributed by atoms with van der Waals surface area (Å²) in [5.41, 5.74) is 1.68. The zero-order valence-electron chi connectivity index (χ0n) is 12.9. The summed E-state index contributed by atoms with van der Waals surface area (Å²) >= 11 is 1.26. The van der Waals surface area contributed by atoms with E-state index in [1.165, 1.54) is 42.1 Å². The van der Waals surface area contributed by atoms with E-state index in [4.69, 9.17) is 5.26 Å². The van der Waals surface area contributed by atoms with E-state index >= 15 is 0 Å². The number of hydrogen-bond donors (Lipinski definition) is 1. The van der Waals surface area contributed by atoms with Crippen LogP contribution in [0.1, 0.15) is 22.5 Å². The molecule has 1 heterocycles. The van der Waals surface area contributed by atoms with E-state index in [9.17, 15) is 8.78 Å². The Balaban J connectivity index is 1.64. The Bertz CT molecular complexity index is 942. The number of nitrogens with zero attached hydrogens (tertiary/aromatic N) is 3. The number of hydrogen-bond acceptors (Lipinski definition) is 4. The third-order valence-electron chi connectivity index (χ3n) is 3.32. The summed E-state index contributed by atoms with van der Waals surface area (Å²) in [6.45, 7) is 0. The van der Waals surface area contributed by atoms with E-state index < -0.39 is 0 Å². The van der Waals surface area contributed by atoms with Crippen molar-refractivity contribution in [1.82, 2.24) is 15.2 Å². The monoisotopic (exact) mass is 354 g/mol. The molecular formula is C18H12F2N4S. The number of H-pyrrole nitrogens is 1. The maximum absolute atomic E-state index is 13.7. The first kappa shape index (κ1) is 16.9. The molecule has 0 fully saturated rings.